The highest BCUT2D eigenvalue weighted by molar-refractivity contribution is 6.33. The lowest BCUT2D eigenvalue weighted by Gasteiger charge is -2.17. The number of carboxylic acid groups (broad SMARTS) is 1. The standard InChI is InChI=1S/C17H17ClO2/c1-17(18,16(19)20)12-11-14-9-5-6-10-15(14)13-7-3-2-4-8-13/h2-10H,11-12H2,1H3,(H,19,20). The molecule has 0 aliphatic heterocycles. The lowest BCUT2D eigenvalue weighted by molar-refractivity contribution is -0.139. The molecular formula is C17H17ClO2. The van der Waals surface area contributed by atoms with Crippen LogP contribution in [0.15, 0.2) is 54.6 Å². The van der Waals surface area contributed by atoms with Crippen LogP contribution in [0.1, 0.15) is 18.9 Å². The number of benzene rings is 2. The monoisotopic (exact) mass is 288 g/mol. The minimum absolute atomic E-state index is 0.397. The van der Waals surface area contributed by atoms with Gasteiger partial charge in [0, 0.05) is 0 Å². The van der Waals surface area contributed by atoms with Gasteiger partial charge in [0.1, 0.15) is 4.87 Å². The van der Waals surface area contributed by atoms with Crippen LogP contribution in [0.2, 0.25) is 0 Å². The maximum Gasteiger partial charge on any atom is 0.324 e. The van der Waals surface area contributed by atoms with E-state index in [1.165, 1.54) is 0 Å². The lowest BCUT2D eigenvalue weighted by atomic mass is 9.93. The number of aliphatic carboxylic acids is 1. The van der Waals surface area contributed by atoms with Gasteiger partial charge in [-0.15, -0.1) is 11.6 Å². The Morgan fingerprint density at radius 1 is 1.10 bits per heavy atom. The maximum atomic E-state index is 11.1. The number of alkyl halides is 1. The smallest absolute Gasteiger partial charge is 0.324 e. The van der Waals surface area contributed by atoms with Crippen LogP contribution in [0.4, 0.5) is 0 Å². The van der Waals surface area contributed by atoms with Crippen molar-refractivity contribution in [2.75, 3.05) is 0 Å². The van der Waals surface area contributed by atoms with E-state index in [9.17, 15) is 4.79 Å². The Kier molecular flexibility index (Phi) is 4.46. The summed E-state index contributed by atoms with van der Waals surface area (Å²) in [5, 5.41) is 9.07. The van der Waals surface area contributed by atoms with E-state index in [0.29, 0.717) is 12.8 Å². The summed E-state index contributed by atoms with van der Waals surface area (Å²) < 4.78 is 0. The Morgan fingerprint density at radius 2 is 1.70 bits per heavy atom. The van der Waals surface area contributed by atoms with Crippen molar-refractivity contribution >= 4 is 17.6 Å². The first-order valence-corrected chi connectivity index (χ1v) is 6.94. The lowest BCUT2D eigenvalue weighted by Crippen LogP contribution is -2.29. The van der Waals surface area contributed by atoms with E-state index in [4.69, 9.17) is 16.7 Å². The summed E-state index contributed by atoms with van der Waals surface area (Å²) in [6.07, 6.45) is 1.03. The van der Waals surface area contributed by atoms with E-state index < -0.39 is 10.8 Å². The normalized spacial score (nSPS) is 13.7. The third-order valence-electron chi connectivity index (χ3n) is 3.41. The highest BCUT2D eigenvalue weighted by Gasteiger charge is 2.29. The van der Waals surface area contributed by atoms with E-state index in [1.807, 2.05) is 36.4 Å². The van der Waals surface area contributed by atoms with Crippen LogP contribution >= 0.6 is 11.6 Å². The quantitative estimate of drug-likeness (QED) is 0.830. The molecule has 3 heteroatoms. The van der Waals surface area contributed by atoms with Crippen LogP contribution in [0.3, 0.4) is 0 Å². The largest absolute Gasteiger partial charge is 0.480 e. The van der Waals surface area contributed by atoms with Gasteiger partial charge in [-0.25, -0.2) is 0 Å². The van der Waals surface area contributed by atoms with Crippen LogP contribution in [-0.2, 0) is 11.2 Å². The van der Waals surface area contributed by atoms with E-state index in [2.05, 4.69) is 18.2 Å². The molecule has 2 rings (SSSR count). The van der Waals surface area contributed by atoms with Gasteiger partial charge >= 0.3 is 5.97 Å². The SMILES string of the molecule is CC(Cl)(CCc1ccccc1-c1ccccc1)C(=O)O. The Hall–Kier alpha value is -1.80. The van der Waals surface area contributed by atoms with Crippen LogP contribution in [0.25, 0.3) is 11.1 Å². The van der Waals surface area contributed by atoms with Crippen LogP contribution < -0.4 is 0 Å². The number of carbonyl (C=O) groups is 1. The van der Waals surface area contributed by atoms with Crippen molar-refractivity contribution in [3.8, 4) is 11.1 Å². The molecule has 2 aromatic carbocycles. The molecule has 0 saturated heterocycles. The molecule has 0 saturated carbocycles. The predicted octanol–water partition coefficient (Wildman–Crippen LogP) is 4.37. The van der Waals surface area contributed by atoms with Gasteiger partial charge in [0.15, 0.2) is 0 Å². The second kappa shape index (κ2) is 6.10. The van der Waals surface area contributed by atoms with Gasteiger partial charge in [-0.3, -0.25) is 4.79 Å². The van der Waals surface area contributed by atoms with Gasteiger partial charge in [-0.05, 0) is 36.5 Å². The molecule has 0 spiro atoms. The summed E-state index contributed by atoms with van der Waals surface area (Å²) in [7, 11) is 0. The molecule has 0 aliphatic rings. The summed E-state index contributed by atoms with van der Waals surface area (Å²) in [5.41, 5.74) is 3.38. The summed E-state index contributed by atoms with van der Waals surface area (Å²) in [5.74, 6) is -0.976. The fraction of sp³-hybridized carbons (Fsp3) is 0.235. The zero-order chi connectivity index (χ0) is 14.6. The van der Waals surface area contributed by atoms with Crippen molar-refractivity contribution in [1.29, 1.82) is 0 Å². The molecule has 0 aliphatic carbocycles. The topological polar surface area (TPSA) is 37.3 Å². The highest BCUT2D eigenvalue weighted by atomic mass is 35.5. The summed E-state index contributed by atoms with van der Waals surface area (Å²) in [6.45, 7) is 1.54. The van der Waals surface area contributed by atoms with E-state index in [0.717, 1.165) is 16.7 Å². The zero-order valence-corrected chi connectivity index (χ0v) is 12.1. The molecule has 2 aromatic rings. The van der Waals surface area contributed by atoms with Crippen LogP contribution in [0.5, 0.6) is 0 Å². The molecule has 20 heavy (non-hydrogen) atoms. The highest BCUT2D eigenvalue weighted by Crippen LogP contribution is 2.28. The molecule has 1 unspecified atom stereocenters. The molecule has 104 valence electrons. The van der Waals surface area contributed by atoms with Crippen molar-refractivity contribution in [3.05, 3.63) is 60.2 Å². The first-order chi connectivity index (χ1) is 9.50. The van der Waals surface area contributed by atoms with Gasteiger partial charge in [-0.2, -0.15) is 0 Å². The van der Waals surface area contributed by atoms with Crippen molar-refractivity contribution in [3.63, 3.8) is 0 Å². The summed E-state index contributed by atoms with van der Waals surface area (Å²) in [4.78, 5) is 9.85. The first-order valence-electron chi connectivity index (χ1n) is 6.56. The molecule has 1 atom stereocenters. The number of hydrogen-bond donors (Lipinski definition) is 1. The van der Waals surface area contributed by atoms with Crippen LogP contribution in [-0.4, -0.2) is 16.0 Å². The molecule has 0 amide bonds. The number of aryl methyl sites for hydroxylation is 1. The minimum Gasteiger partial charge on any atom is -0.480 e. The number of halogens is 1. The molecule has 1 N–H and O–H groups in total. The minimum atomic E-state index is -1.22. The number of rotatable bonds is 5. The number of carboxylic acids is 1. The van der Waals surface area contributed by atoms with E-state index in [-0.39, 0.29) is 0 Å². The number of hydrogen-bond acceptors (Lipinski definition) is 1. The van der Waals surface area contributed by atoms with Gasteiger partial charge < -0.3 is 5.11 Å². The molecule has 0 radical (unpaired) electrons. The van der Waals surface area contributed by atoms with Crippen molar-refractivity contribution in [2.24, 2.45) is 0 Å². The molecule has 0 aromatic heterocycles. The maximum absolute atomic E-state index is 11.1. The van der Waals surface area contributed by atoms with Gasteiger partial charge in [-0.1, -0.05) is 54.6 Å². The second-order valence-corrected chi connectivity index (χ2v) is 5.86. The third-order valence-corrected chi connectivity index (χ3v) is 3.76. The Labute approximate surface area is 124 Å². The second-order valence-electron chi connectivity index (χ2n) is 5.03. The first kappa shape index (κ1) is 14.6. The summed E-state index contributed by atoms with van der Waals surface area (Å²) in [6, 6.07) is 18.1. The Bertz CT molecular complexity index is 591. The van der Waals surface area contributed by atoms with Gasteiger partial charge in [0.2, 0.25) is 0 Å². The van der Waals surface area contributed by atoms with Crippen molar-refractivity contribution < 1.29 is 9.90 Å². The Morgan fingerprint density at radius 3 is 2.35 bits per heavy atom. The van der Waals surface area contributed by atoms with E-state index in [1.54, 1.807) is 6.92 Å². The fourth-order valence-electron chi connectivity index (χ4n) is 2.11. The fourth-order valence-corrected chi connectivity index (χ4v) is 2.21. The van der Waals surface area contributed by atoms with Crippen molar-refractivity contribution in [1.82, 2.24) is 0 Å². The molecular weight excluding hydrogens is 272 g/mol. The Balaban J connectivity index is 2.24. The average Bonchev–Trinajstić information content (AvgIpc) is 2.46. The van der Waals surface area contributed by atoms with E-state index >= 15 is 0 Å². The van der Waals surface area contributed by atoms with Crippen molar-refractivity contribution in [2.45, 2.75) is 24.6 Å². The third kappa shape index (κ3) is 3.40. The molecule has 0 heterocycles. The van der Waals surface area contributed by atoms with Gasteiger partial charge in [0.05, 0.1) is 0 Å². The molecule has 0 bridgehead atoms. The molecule has 0 fully saturated rings. The predicted molar refractivity (Wildman–Crippen MR) is 82.1 cm³/mol. The average molecular weight is 289 g/mol. The summed E-state index contributed by atoms with van der Waals surface area (Å²) >= 11 is 6.02. The van der Waals surface area contributed by atoms with Crippen LogP contribution in [0, 0.1) is 0 Å². The zero-order valence-electron chi connectivity index (χ0n) is 11.3. The van der Waals surface area contributed by atoms with Gasteiger partial charge in [0.25, 0.3) is 0 Å². The molecule has 2 nitrogen and oxygen atoms in total.